The van der Waals surface area contributed by atoms with Gasteiger partial charge in [0.25, 0.3) is 5.91 Å². The summed E-state index contributed by atoms with van der Waals surface area (Å²) in [5.41, 5.74) is 8.53. The molecule has 0 saturated heterocycles. The highest BCUT2D eigenvalue weighted by molar-refractivity contribution is 7.18. The van der Waals surface area contributed by atoms with Crippen molar-refractivity contribution < 1.29 is 19.1 Å². The lowest BCUT2D eigenvalue weighted by molar-refractivity contribution is -0.115. The van der Waals surface area contributed by atoms with Crippen LogP contribution in [-0.2, 0) is 16.0 Å². The first-order valence-electron chi connectivity index (χ1n) is 9.63. The molecule has 7 nitrogen and oxygen atoms in total. The van der Waals surface area contributed by atoms with Crippen molar-refractivity contribution in [2.24, 2.45) is 5.73 Å². The molecule has 29 heavy (non-hydrogen) atoms. The molecular weight excluding hydrogens is 390 g/mol. The molecule has 3 rings (SSSR count). The van der Waals surface area contributed by atoms with Crippen LogP contribution in [0.25, 0.3) is 0 Å². The summed E-state index contributed by atoms with van der Waals surface area (Å²) < 4.78 is 5.07. The van der Waals surface area contributed by atoms with Crippen molar-refractivity contribution in [3.05, 3.63) is 51.4 Å². The molecule has 0 fully saturated rings. The third-order valence-electron chi connectivity index (χ3n) is 4.98. The Morgan fingerprint density at radius 1 is 1.28 bits per heavy atom. The second kappa shape index (κ2) is 9.19. The normalized spacial score (nSPS) is 15.4. The summed E-state index contributed by atoms with van der Waals surface area (Å²) in [4.78, 5) is 36.8. The van der Waals surface area contributed by atoms with Crippen LogP contribution in [0.5, 0.6) is 0 Å². The first-order chi connectivity index (χ1) is 13.9. The molecule has 0 bridgehead atoms. The second-order valence-electron chi connectivity index (χ2n) is 6.92. The number of aryl methyl sites for hydroxylation is 1. The van der Waals surface area contributed by atoms with Crippen LogP contribution in [0.1, 0.15) is 62.5 Å². The maximum absolute atomic E-state index is 12.6. The van der Waals surface area contributed by atoms with Gasteiger partial charge in [0.15, 0.2) is 0 Å². The molecule has 1 aliphatic carbocycles. The van der Waals surface area contributed by atoms with E-state index in [1.807, 2.05) is 12.1 Å². The minimum atomic E-state index is -0.643. The van der Waals surface area contributed by atoms with Gasteiger partial charge in [0.05, 0.1) is 23.6 Å². The van der Waals surface area contributed by atoms with Crippen LogP contribution in [0.15, 0.2) is 24.3 Å². The molecule has 0 unspecified atom stereocenters. The summed E-state index contributed by atoms with van der Waals surface area (Å²) in [7, 11) is 0. The van der Waals surface area contributed by atoms with E-state index in [-0.39, 0.29) is 40.5 Å². The third kappa shape index (κ3) is 4.65. The number of carbonyl (C=O) groups excluding carboxylic acids is 3. The molecule has 154 valence electrons. The first-order valence-corrected chi connectivity index (χ1v) is 10.4. The fourth-order valence-corrected chi connectivity index (χ4v) is 4.70. The van der Waals surface area contributed by atoms with Crippen molar-refractivity contribution in [2.75, 3.05) is 18.5 Å². The van der Waals surface area contributed by atoms with Crippen molar-refractivity contribution in [1.29, 1.82) is 0 Å². The van der Waals surface area contributed by atoms with Crippen molar-refractivity contribution >= 4 is 34.1 Å². The highest BCUT2D eigenvalue weighted by Crippen LogP contribution is 2.34. The van der Waals surface area contributed by atoms with Gasteiger partial charge in [0.1, 0.15) is 5.00 Å². The maximum Gasteiger partial charge on any atom is 0.341 e. The number of nitrogens with two attached hydrogens (primary N) is 1. The monoisotopic (exact) mass is 415 g/mol. The molecule has 1 aliphatic rings. The summed E-state index contributed by atoms with van der Waals surface area (Å²) in [5, 5.41) is 6.32. The Bertz CT molecular complexity index is 938. The number of ether oxygens (including phenoxy) is 1. The molecule has 0 radical (unpaired) electrons. The number of primary amides is 1. The van der Waals surface area contributed by atoms with Crippen LogP contribution in [0.2, 0.25) is 0 Å². The Hall–Kier alpha value is -2.71. The topological polar surface area (TPSA) is 111 Å². The number of rotatable bonds is 7. The first kappa shape index (κ1) is 21.0. The van der Waals surface area contributed by atoms with E-state index in [9.17, 15) is 14.4 Å². The van der Waals surface area contributed by atoms with E-state index in [0.29, 0.717) is 5.56 Å². The molecular formula is C21H25N3O4S. The Balaban J connectivity index is 1.72. The standard InChI is InChI=1S/C21H25N3O4S/c1-3-28-21(27)17-12(2)18(19(22)26)29-20(17)24-16(25)11-23-15-10-6-8-13-7-4-5-9-14(13)15/h4-5,7,9,15,23H,3,6,8,10-11H2,1-2H3,(H2,22,26)(H,24,25)/t15-/m0/s1. The van der Waals surface area contributed by atoms with Crippen LogP contribution in [0.3, 0.4) is 0 Å². The van der Waals surface area contributed by atoms with Crippen LogP contribution in [0, 0.1) is 6.92 Å². The second-order valence-corrected chi connectivity index (χ2v) is 7.94. The molecule has 1 aromatic heterocycles. The SMILES string of the molecule is CCOC(=O)c1c(NC(=O)CN[C@H]2CCCc3ccccc32)sc(C(N)=O)c1C. The van der Waals surface area contributed by atoms with Crippen LogP contribution in [-0.4, -0.2) is 30.9 Å². The van der Waals surface area contributed by atoms with Gasteiger partial charge in [-0.05, 0) is 49.8 Å². The molecule has 4 N–H and O–H groups in total. The summed E-state index contributed by atoms with van der Waals surface area (Å²) in [5.74, 6) is -1.52. The lowest BCUT2D eigenvalue weighted by Crippen LogP contribution is -2.33. The molecule has 2 aromatic rings. The average Bonchev–Trinajstić information content (AvgIpc) is 3.02. The Morgan fingerprint density at radius 3 is 2.76 bits per heavy atom. The number of anilines is 1. The number of carbonyl (C=O) groups is 3. The Morgan fingerprint density at radius 2 is 2.03 bits per heavy atom. The van der Waals surface area contributed by atoms with E-state index in [1.165, 1.54) is 11.1 Å². The summed E-state index contributed by atoms with van der Waals surface area (Å²) >= 11 is 0.992. The molecule has 2 amide bonds. The van der Waals surface area contributed by atoms with E-state index >= 15 is 0 Å². The molecule has 1 aromatic carbocycles. The zero-order chi connectivity index (χ0) is 21.0. The number of hydrogen-bond acceptors (Lipinski definition) is 6. The van der Waals surface area contributed by atoms with Crippen molar-refractivity contribution in [1.82, 2.24) is 5.32 Å². The van der Waals surface area contributed by atoms with E-state index in [4.69, 9.17) is 10.5 Å². The number of nitrogens with one attached hydrogen (secondary N) is 2. The zero-order valence-corrected chi connectivity index (χ0v) is 17.4. The van der Waals surface area contributed by atoms with E-state index in [1.54, 1.807) is 13.8 Å². The Labute approximate surface area is 173 Å². The maximum atomic E-state index is 12.6. The number of esters is 1. The third-order valence-corrected chi connectivity index (χ3v) is 6.20. The molecule has 8 heteroatoms. The smallest absolute Gasteiger partial charge is 0.341 e. The van der Waals surface area contributed by atoms with Crippen molar-refractivity contribution in [2.45, 2.75) is 39.2 Å². The predicted molar refractivity (Wildman–Crippen MR) is 112 cm³/mol. The zero-order valence-electron chi connectivity index (χ0n) is 16.5. The minimum Gasteiger partial charge on any atom is -0.462 e. The summed E-state index contributed by atoms with van der Waals surface area (Å²) in [6.07, 6.45) is 3.07. The van der Waals surface area contributed by atoms with Crippen molar-refractivity contribution in [3.63, 3.8) is 0 Å². The van der Waals surface area contributed by atoms with Gasteiger partial charge >= 0.3 is 5.97 Å². The molecule has 0 spiro atoms. The van der Waals surface area contributed by atoms with Crippen molar-refractivity contribution in [3.8, 4) is 0 Å². The molecule has 0 saturated carbocycles. The fraction of sp³-hybridized carbons (Fsp3) is 0.381. The number of hydrogen-bond donors (Lipinski definition) is 3. The van der Waals surface area contributed by atoms with Gasteiger partial charge in [-0.2, -0.15) is 0 Å². The van der Waals surface area contributed by atoms with Gasteiger partial charge in [0, 0.05) is 6.04 Å². The lowest BCUT2D eigenvalue weighted by Gasteiger charge is -2.26. The fourth-order valence-electron chi connectivity index (χ4n) is 3.64. The minimum absolute atomic E-state index is 0.0874. The molecule has 1 heterocycles. The predicted octanol–water partition coefficient (Wildman–Crippen LogP) is 2.94. The van der Waals surface area contributed by atoms with Gasteiger partial charge in [-0.3, -0.25) is 9.59 Å². The van der Waals surface area contributed by atoms with E-state index in [0.717, 1.165) is 30.6 Å². The van der Waals surface area contributed by atoms with Crippen LogP contribution >= 0.6 is 11.3 Å². The number of fused-ring (bicyclic) bond motifs is 1. The lowest BCUT2D eigenvalue weighted by atomic mass is 9.88. The van der Waals surface area contributed by atoms with Gasteiger partial charge in [0.2, 0.25) is 5.91 Å². The summed E-state index contributed by atoms with van der Waals surface area (Å²) in [6, 6.07) is 8.35. The number of benzene rings is 1. The number of thiophene rings is 1. The van der Waals surface area contributed by atoms with Crippen LogP contribution in [0.4, 0.5) is 5.00 Å². The highest BCUT2D eigenvalue weighted by atomic mass is 32.1. The van der Waals surface area contributed by atoms with Gasteiger partial charge in [-0.1, -0.05) is 24.3 Å². The average molecular weight is 416 g/mol. The molecule has 1 atom stereocenters. The highest BCUT2D eigenvalue weighted by Gasteiger charge is 2.26. The quantitative estimate of drug-likeness (QED) is 0.602. The Kier molecular flexibility index (Phi) is 6.66. The molecule has 0 aliphatic heterocycles. The van der Waals surface area contributed by atoms with Gasteiger partial charge in [-0.25, -0.2) is 4.79 Å². The van der Waals surface area contributed by atoms with Crippen LogP contribution < -0.4 is 16.4 Å². The van der Waals surface area contributed by atoms with Gasteiger partial charge in [-0.15, -0.1) is 11.3 Å². The van der Waals surface area contributed by atoms with E-state index < -0.39 is 11.9 Å². The van der Waals surface area contributed by atoms with E-state index in [2.05, 4.69) is 22.8 Å². The van der Waals surface area contributed by atoms with Gasteiger partial charge < -0.3 is 21.1 Å². The largest absolute Gasteiger partial charge is 0.462 e. The summed E-state index contributed by atoms with van der Waals surface area (Å²) in [6.45, 7) is 3.59. The number of amides is 2.